The van der Waals surface area contributed by atoms with Gasteiger partial charge in [0.05, 0.1) is 29.4 Å². The Labute approximate surface area is 321 Å². The van der Waals surface area contributed by atoms with Crippen LogP contribution in [0.4, 0.5) is 0 Å². The molecule has 0 heterocycles. The number of benzene rings is 3. The molecule has 0 bridgehead atoms. The Morgan fingerprint density at radius 3 is 1.79 bits per heavy atom. The fourth-order valence-electron chi connectivity index (χ4n) is 6.15. The minimum Gasteiger partial charge on any atom is -0.413 e. The maximum atomic E-state index is 13.0. The van der Waals surface area contributed by atoms with E-state index in [0.29, 0.717) is 22.0 Å². The molecule has 0 aliphatic heterocycles. The molecular weight excluding hydrogens is 737 g/mol. The number of carbonyl (C=O) groups is 1. The van der Waals surface area contributed by atoms with Crippen molar-refractivity contribution < 1.29 is 22.7 Å². The largest absolute Gasteiger partial charge is 0.413 e. The second kappa shape index (κ2) is 16.3. The first kappa shape index (κ1) is 43.2. The van der Waals surface area contributed by atoms with Crippen LogP contribution in [0.3, 0.4) is 0 Å². The summed E-state index contributed by atoms with van der Waals surface area (Å²) in [5.41, 5.74) is 8.19. The van der Waals surface area contributed by atoms with Crippen molar-refractivity contribution in [1.82, 2.24) is 4.39 Å². The summed E-state index contributed by atoms with van der Waals surface area (Å²) in [5, 5.41) is 15.2. The van der Waals surface area contributed by atoms with Gasteiger partial charge in [0.1, 0.15) is 28.1 Å². The average Bonchev–Trinajstić information content (AvgIpc) is 3.72. The highest BCUT2D eigenvalue weighted by atomic mass is 32.2. The van der Waals surface area contributed by atoms with Gasteiger partial charge in [-0.1, -0.05) is 85.0 Å². The summed E-state index contributed by atoms with van der Waals surface area (Å²) >= 11 is 0. The summed E-state index contributed by atoms with van der Waals surface area (Å²) in [6.07, 6.45) is 6.59. The van der Waals surface area contributed by atoms with E-state index >= 15 is 0 Å². The van der Waals surface area contributed by atoms with Crippen molar-refractivity contribution in [3.63, 3.8) is 0 Å². The number of aliphatic hydroxyl groups excluding tert-OH is 1. The van der Waals surface area contributed by atoms with E-state index in [1.165, 1.54) is 22.3 Å². The van der Waals surface area contributed by atoms with Crippen LogP contribution in [-0.4, -0.2) is 36.0 Å². The third kappa shape index (κ3) is 10.6. The standard InChI is InChI=1S/C21H24N2O3S.C19H38N2O2SSi2/c22-27(26,17-9-7-14(13-24)8-10-17)23-21(25)12-20-18-5-1-3-15(18)11-16-4-2-6-19(16)20;1-18(2,3)25(7,8)21-24(20,22)17-13-11-16(12-14-17)15-23-26(9,10)19(4,5)6/h7-11,24H,1-6,12-13H2,(H2,22,23,25,26);11-14H,15H2,1-10H3,(H2,20,21,22). The lowest BCUT2D eigenvalue weighted by atomic mass is 9.92. The number of nitrogens with zero attached hydrogens (tertiary/aromatic N) is 1. The highest BCUT2D eigenvalue weighted by Crippen LogP contribution is 2.38. The molecule has 5 N–H and O–H groups in total. The van der Waals surface area contributed by atoms with Crippen LogP contribution < -0.4 is 9.53 Å². The number of carbonyl (C=O) groups excluding carboxylic acids is 1. The second-order valence-electron chi connectivity index (χ2n) is 17.6. The second-order valence-corrected chi connectivity index (χ2v) is 31.3. The van der Waals surface area contributed by atoms with Crippen LogP contribution in [0.5, 0.6) is 0 Å². The zero-order valence-corrected chi connectivity index (χ0v) is 37.1. The van der Waals surface area contributed by atoms with Crippen molar-refractivity contribution in [1.29, 1.82) is 4.78 Å². The van der Waals surface area contributed by atoms with Crippen molar-refractivity contribution in [3.05, 3.63) is 93.5 Å². The van der Waals surface area contributed by atoms with Crippen molar-refractivity contribution in [3.8, 4) is 0 Å². The Bertz CT molecular complexity index is 1990. The Morgan fingerprint density at radius 2 is 1.32 bits per heavy atom. The summed E-state index contributed by atoms with van der Waals surface area (Å²) in [6, 6.07) is 16.2. The van der Waals surface area contributed by atoms with Crippen molar-refractivity contribution >= 4 is 42.3 Å². The molecule has 2 aliphatic rings. The Balaban J connectivity index is 0.000000237. The van der Waals surface area contributed by atoms with Crippen LogP contribution >= 0.6 is 0 Å². The van der Waals surface area contributed by atoms with Crippen LogP contribution in [0.1, 0.15) is 93.3 Å². The molecule has 292 valence electrons. The van der Waals surface area contributed by atoms with Gasteiger partial charge in [-0.15, -0.1) is 4.36 Å². The summed E-state index contributed by atoms with van der Waals surface area (Å²) in [7, 11) is -10.1. The first-order valence-electron chi connectivity index (χ1n) is 18.6. The molecule has 0 spiro atoms. The molecule has 3 aromatic rings. The van der Waals surface area contributed by atoms with Crippen LogP contribution in [0.2, 0.25) is 36.3 Å². The highest BCUT2D eigenvalue weighted by Gasteiger charge is 2.39. The van der Waals surface area contributed by atoms with Gasteiger partial charge >= 0.3 is 0 Å². The smallest absolute Gasteiger partial charge is 0.259 e. The van der Waals surface area contributed by atoms with Gasteiger partial charge in [0.15, 0.2) is 8.32 Å². The molecule has 0 aromatic heterocycles. The van der Waals surface area contributed by atoms with Crippen LogP contribution in [0, 0.1) is 4.78 Å². The molecule has 5 rings (SSSR count). The van der Waals surface area contributed by atoms with Crippen LogP contribution in [-0.2, 0) is 74.4 Å². The topological polar surface area (TPSA) is 155 Å². The zero-order valence-electron chi connectivity index (χ0n) is 33.5. The van der Waals surface area contributed by atoms with Gasteiger partial charge in [-0.2, -0.15) is 0 Å². The summed E-state index contributed by atoms with van der Waals surface area (Å²) < 4.78 is 47.5. The molecule has 13 heteroatoms. The lowest BCUT2D eigenvalue weighted by Crippen LogP contribution is -2.54. The van der Waals surface area contributed by atoms with E-state index in [1.54, 1.807) is 36.4 Å². The molecule has 2 unspecified atom stereocenters. The molecule has 0 radical (unpaired) electrons. The zero-order chi connectivity index (χ0) is 39.6. The van der Waals surface area contributed by atoms with Crippen molar-refractivity contribution in [2.24, 2.45) is 9.50 Å². The lowest BCUT2D eigenvalue weighted by Gasteiger charge is -2.37. The fraction of sp³-hybridized carbons (Fsp3) is 0.525. The van der Waals surface area contributed by atoms with E-state index in [1.807, 2.05) is 12.1 Å². The number of nitrogens with one attached hydrogen (secondary N) is 2. The fourth-order valence-corrected chi connectivity index (χ4v) is 13.2. The third-order valence-corrected chi connectivity index (χ3v) is 25.3. The van der Waals surface area contributed by atoms with Crippen LogP contribution in [0.25, 0.3) is 0 Å². The number of amides is 1. The number of rotatable bonds is 10. The van der Waals surface area contributed by atoms with Crippen molar-refractivity contribution in [2.45, 2.75) is 146 Å². The predicted molar refractivity (Wildman–Crippen MR) is 222 cm³/mol. The van der Waals surface area contributed by atoms with E-state index in [0.717, 1.165) is 49.7 Å². The van der Waals surface area contributed by atoms with E-state index in [2.05, 4.69) is 82.5 Å². The summed E-state index contributed by atoms with van der Waals surface area (Å²) in [6.45, 7) is 22.3. The Hall–Kier alpha value is -2.50. The van der Waals surface area contributed by atoms with Crippen LogP contribution in [0.15, 0.2) is 68.8 Å². The van der Waals surface area contributed by atoms with Gasteiger partial charge in [-0.05, 0) is 125 Å². The number of aliphatic hydroxyl groups is 1. The number of hydrogen-bond acceptors (Lipinski definition) is 6. The number of aryl methyl sites for hydroxylation is 2. The first-order chi connectivity index (χ1) is 24.4. The van der Waals surface area contributed by atoms with Gasteiger partial charge in [-0.3, -0.25) is 4.79 Å². The molecular formula is C40H62N4O5S2Si2. The van der Waals surface area contributed by atoms with E-state index < -0.39 is 42.3 Å². The SMILES string of the molecule is CC(C)(C)[Si](C)(C)NS(=N)(=O)c1ccc(CO[Si](C)(C)C(C)(C)C)cc1.NS(=O)(=NC(=O)Cc1c2c(cc3c1CCC3)CCC2)c1ccc(CO)cc1. The quantitative estimate of drug-likeness (QED) is 0.151. The van der Waals surface area contributed by atoms with Gasteiger partial charge in [0.25, 0.3) is 5.91 Å². The van der Waals surface area contributed by atoms with Gasteiger partial charge in [-0.25, -0.2) is 22.7 Å². The maximum absolute atomic E-state index is 13.0. The predicted octanol–water partition coefficient (Wildman–Crippen LogP) is 8.75. The molecule has 1 amide bonds. The molecule has 2 atom stereocenters. The molecule has 53 heavy (non-hydrogen) atoms. The van der Waals surface area contributed by atoms with Gasteiger partial charge in [0, 0.05) is 0 Å². The third-order valence-electron chi connectivity index (χ3n) is 11.5. The Morgan fingerprint density at radius 1 is 0.830 bits per heavy atom. The van der Waals surface area contributed by atoms with Crippen molar-refractivity contribution in [2.75, 3.05) is 0 Å². The number of nitrogens with two attached hydrogens (primary N) is 1. The molecule has 0 saturated carbocycles. The molecule has 2 aliphatic carbocycles. The Kier molecular flexibility index (Phi) is 13.3. The monoisotopic (exact) mass is 798 g/mol. The molecule has 9 nitrogen and oxygen atoms in total. The van der Waals surface area contributed by atoms with E-state index in [4.69, 9.17) is 19.5 Å². The molecule has 0 saturated heterocycles. The lowest BCUT2D eigenvalue weighted by molar-refractivity contribution is -0.117. The summed E-state index contributed by atoms with van der Waals surface area (Å²) in [4.78, 5) is 13.5. The number of fused-ring (bicyclic) bond motifs is 2. The molecule has 3 aromatic carbocycles. The average molecular weight is 799 g/mol. The molecule has 0 fully saturated rings. The minimum absolute atomic E-state index is 0.0215. The number of hydrogen-bond donors (Lipinski definition) is 4. The maximum Gasteiger partial charge on any atom is 0.259 e. The van der Waals surface area contributed by atoms with Gasteiger partial charge < -0.3 is 9.53 Å². The first-order valence-corrected chi connectivity index (χ1v) is 27.6. The van der Waals surface area contributed by atoms with E-state index in [-0.39, 0.29) is 23.1 Å². The van der Waals surface area contributed by atoms with Gasteiger partial charge in [0.2, 0.25) is 0 Å². The van der Waals surface area contributed by atoms with E-state index in [9.17, 15) is 13.2 Å². The minimum atomic E-state index is -3.29. The summed E-state index contributed by atoms with van der Waals surface area (Å²) in [5.74, 6) is -0.428. The normalized spacial score (nSPS) is 16.8. The highest BCUT2D eigenvalue weighted by molar-refractivity contribution is 7.92.